The summed E-state index contributed by atoms with van der Waals surface area (Å²) < 4.78 is 4.64. The van der Waals surface area contributed by atoms with Crippen LogP contribution in [-0.4, -0.2) is 24.2 Å². The maximum Gasteiger partial charge on any atom is 0.411 e. The van der Waals surface area contributed by atoms with Crippen molar-refractivity contribution in [3.63, 3.8) is 0 Å². The second-order valence-electron chi connectivity index (χ2n) is 8.00. The molecule has 2 amide bonds. The first kappa shape index (κ1) is 22.9. The number of amides is 2. The van der Waals surface area contributed by atoms with E-state index in [1.807, 2.05) is 37.3 Å². The topological polar surface area (TPSA) is 84.5 Å². The summed E-state index contributed by atoms with van der Waals surface area (Å²) in [7, 11) is 1.29. The molecule has 0 aliphatic heterocycles. The van der Waals surface area contributed by atoms with E-state index in [0.29, 0.717) is 21.8 Å². The van der Waals surface area contributed by atoms with Crippen molar-refractivity contribution >= 4 is 40.3 Å². The maximum atomic E-state index is 12.9. The first-order chi connectivity index (χ1) is 14.9. The van der Waals surface area contributed by atoms with Crippen molar-refractivity contribution in [3.8, 4) is 0 Å². The molecule has 0 saturated heterocycles. The second kappa shape index (κ2) is 10.5. The molecule has 0 radical (unpaired) electrons. The van der Waals surface area contributed by atoms with Crippen LogP contribution in [0.3, 0.4) is 0 Å². The molecule has 2 aromatic rings. The van der Waals surface area contributed by atoms with Crippen LogP contribution in [0.2, 0.25) is 0 Å². The molecule has 1 saturated carbocycles. The van der Waals surface area contributed by atoms with Gasteiger partial charge in [0.2, 0.25) is 5.91 Å². The van der Waals surface area contributed by atoms with Crippen LogP contribution < -0.4 is 10.6 Å². The number of ether oxygens (including phenoxy) is 1. The van der Waals surface area contributed by atoms with Crippen molar-refractivity contribution < 1.29 is 19.1 Å². The molecular weight excluding hydrogens is 412 g/mol. The Balaban J connectivity index is 1.69. The highest BCUT2D eigenvalue weighted by molar-refractivity contribution is 8.13. The number of benzene rings is 2. The van der Waals surface area contributed by atoms with Crippen molar-refractivity contribution in [3.05, 3.63) is 54.1 Å². The summed E-state index contributed by atoms with van der Waals surface area (Å²) in [5, 5.41) is 5.58. The molecule has 0 atom stereocenters. The summed E-state index contributed by atoms with van der Waals surface area (Å²) >= 11 is 1.09. The largest absolute Gasteiger partial charge is 0.453 e. The highest BCUT2D eigenvalue weighted by Gasteiger charge is 2.34. The van der Waals surface area contributed by atoms with Crippen LogP contribution in [0.15, 0.2) is 53.4 Å². The lowest BCUT2D eigenvalue weighted by atomic mass is 9.75. The lowest BCUT2D eigenvalue weighted by Gasteiger charge is -2.32. The number of methoxy groups -OCH3 is 1. The third-order valence-electron chi connectivity index (χ3n) is 5.64. The van der Waals surface area contributed by atoms with E-state index in [2.05, 4.69) is 15.4 Å². The van der Waals surface area contributed by atoms with Gasteiger partial charge in [-0.1, -0.05) is 56.5 Å². The van der Waals surface area contributed by atoms with Crippen molar-refractivity contribution in [2.24, 2.45) is 5.41 Å². The van der Waals surface area contributed by atoms with E-state index in [0.717, 1.165) is 37.4 Å². The second-order valence-corrected chi connectivity index (χ2v) is 9.10. The minimum atomic E-state index is -0.586. The molecule has 1 aliphatic rings. The molecule has 0 bridgehead atoms. The van der Waals surface area contributed by atoms with E-state index in [-0.39, 0.29) is 22.9 Å². The average Bonchev–Trinajstić information content (AvgIpc) is 2.76. The van der Waals surface area contributed by atoms with E-state index in [4.69, 9.17) is 0 Å². The van der Waals surface area contributed by atoms with Gasteiger partial charge in [-0.05, 0) is 48.4 Å². The molecule has 6 nitrogen and oxygen atoms in total. The van der Waals surface area contributed by atoms with E-state index in [9.17, 15) is 14.4 Å². The van der Waals surface area contributed by atoms with Gasteiger partial charge in [-0.3, -0.25) is 14.9 Å². The van der Waals surface area contributed by atoms with Crippen LogP contribution in [0.4, 0.5) is 16.2 Å². The van der Waals surface area contributed by atoms with Gasteiger partial charge in [-0.15, -0.1) is 0 Å². The van der Waals surface area contributed by atoms with Crippen LogP contribution in [0.25, 0.3) is 0 Å². The fourth-order valence-corrected chi connectivity index (χ4v) is 4.61. The van der Waals surface area contributed by atoms with Crippen LogP contribution in [0.5, 0.6) is 0 Å². The van der Waals surface area contributed by atoms with Gasteiger partial charge in [-0.2, -0.15) is 0 Å². The molecule has 3 rings (SSSR count). The SMILES string of the molecule is COC(=O)Nc1ccccc1CC(=O)Sc1ccccc1NC(=O)C1(C)CCCCC1. The predicted octanol–water partition coefficient (Wildman–Crippen LogP) is 5.64. The minimum absolute atomic E-state index is 0.0142. The zero-order valence-corrected chi connectivity index (χ0v) is 18.7. The number of anilines is 2. The zero-order valence-electron chi connectivity index (χ0n) is 17.9. The van der Waals surface area contributed by atoms with Gasteiger partial charge in [0.1, 0.15) is 0 Å². The Morgan fingerprint density at radius 1 is 0.935 bits per heavy atom. The number of thioether (sulfide) groups is 1. The van der Waals surface area contributed by atoms with Gasteiger partial charge in [0.25, 0.3) is 0 Å². The van der Waals surface area contributed by atoms with Gasteiger partial charge in [0, 0.05) is 22.4 Å². The van der Waals surface area contributed by atoms with Crippen molar-refractivity contribution in [2.75, 3.05) is 17.7 Å². The molecule has 1 fully saturated rings. The first-order valence-corrected chi connectivity index (χ1v) is 11.3. The Kier molecular flexibility index (Phi) is 7.74. The number of nitrogens with one attached hydrogen (secondary N) is 2. The third kappa shape index (κ3) is 6.10. The summed E-state index contributed by atoms with van der Waals surface area (Å²) in [6.07, 6.45) is 4.63. The molecule has 7 heteroatoms. The summed E-state index contributed by atoms with van der Waals surface area (Å²) in [5.74, 6) is 0.0142. The fourth-order valence-electron chi connectivity index (χ4n) is 3.76. The smallest absolute Gasteiger partial charge is 0.411 e. The zero-order chi connectivity index (χ0) is 22.3. The molecule has 0 unspecified atom stereocenters. The number of hydrogen-bond acceptors (Lipinski definition) is 5. The van der Waals surface area contributed by atoms with Crippen LogP contribution in [0, 0.1) is 5.41 Å². The Hall–Kier alpha value is -2.80. The molecule has 0 heterocycles. The van der Waals surface area contributed by atoms with E-state index in [1.54, 1.807) is 18.2 Å². The van der Waals surface area contributed by atoms with Crippen LogP contribution >= 0.6 is 11.8 Å². The summed E-state index contributed by atoms with van der Waals surface area (Å²) in [6, 6.07) is 14.5. The molecule has 2 aromatic carbocycles. The number of para-hydroxylation sites is 2. The minimum Gasteiger partial charge on any atom is -0.453 e. The molecular formula is C24H28N2O4S. The number of carbonyl (C=O) groups excluding carboxylic acids is 3. The van der Waals surface area contributed by atoms with Gasteiger partial charge < -0.3 is 10.1 Å². The number of hydrogen-bond donors (Lipinski definition) is 2. The Morgan fingerprint density at radius 3 is 2.29 bits per heavy atom. The lowest BCUT2D eigenvalue weighted by molar-refractivity contribution is -0.126. The van der Waals surface area contributed by atoms with E-state index < -0.39 is 6.09 Å². The van der Waals surface area contributed by atoms with Gasteiger partial charge in [-0.25, -0.2) is 4.79 Å². The van der Waals surface area contributed by atoms with Crippen LogP contribution in [0.1, 0.15) is 44.6 Å². The molecule has 0 aromatic heterocycles. The molecule has 31 heavy (non-hydrogen) atoms. The van der Waals surface area contributed by atoms with Crippen molar-refractivity contribution in [1.82, 2.24) is 0 Å². The average molecular weight is 441 g/mol. The first-order valence-electron chi connectivity index (χ1n) is 10.5. The standard InChI is InChI=1S/C24H28N2O4S/c1-24(14-8-3-9-15-24)22(28)25-19-12-6-7-13-20(19)31-21(27)16-17-10-4-5-11-18(17)26-23(29)30-2/h4-7,10-13H,3,8-9,14-16H2,1-2H3,(H,25,28)(H,26,29). The lowest BCUT2D eigenvalue weighted by Crippen LogP contribution is -2.35. The van der Waals surface area contributed by atoms with E-state index in [1.165, 1.54) is 13.5 Å². The summed E-state index contributed by atoms with van der Waals surface area (Å²) in [4.78, 5) is 38.0. The Labute approximate surface area is 187 Å². The summed E-state index contributed by atoms with van der Waals surface area (Å²) in [6.45, 7) is 2.02. The van der Waals surface area contributed by atoms with Gasteiger partial charge in [0.15, 0.2) is 5.12 Å². The highest BCUT2D eigenvalue weighted by Crippen LogP contribution is 2.38. The fraction of sp³-hybridized carbons (Fsp3) is 0.375. The Morgan fingerprint density at radius 2 is 1.58 bits per heavy atom. The molecule has 1 aliphatic carbocycles. The van der Waals surface area contributed by atoms with Gasteiger partial charge in [0.05, 0.1) is 12.8 Å². The number of rotatable bonds is 6. The molecule has 2 N–H and O–H groups in total. The van der Waals surface area contributed by atoms with Crippen LogP contribution in [-0.2, 0) is 20.7 Å². The van der Waals surface area contributed by atoms with Crippen molar-refractivity contribution in [2.45, 2.75) is 50.3 Å². The predicted molar refractivity (Wildman–Crippen MR) is 123 cm³/mol. The quantitative estimate of drug-likeness (QED) is 0.568. The monoisotopic (exact) mass is 440 g/mol. The maximum absolute atomic E-state index is 12.9. The van der Waals surface area contributed by atoms with Crippen molar-refractivity contribution in [1.29, 1.82) is 0 Å². The highest BCUT2D eigenvalue weighted by atomic mass is 32.2. The molecule has 164 valence electrons. The van der Waals surface area contributed by atoms with E-state index >= 15 is 0 Å². The summed E-state index contributed by atoms with van der Waals surface area (Å²) in [5.41, 5.74) is 1.52. The Bertz CT molecular complexity index is 954. The normalized spacial score (nSPS) is 15.0. The third-order valence-corrected chi connectivity index (χ3v) is 6.59. The molecule has 0 spiro atoms. The van der Waals surface area contributed by atoms with Gasteiger partial charge >= 0.3 is 6.09 Å². The number of carbonyl (C=O) groups is 3.